The molecular formula is C26H30F3N3O3. The SMILES string of the molecule is O=C(NC(CN1CCOCC1)c1ccccc1)C1CCN(C(=O)c2ccc(C(F)(F)F)cc2)CC1. The summed E-state index contributed by atoms with van der Waals surface area (Å²) in [6.07, 6.45) is -3.42. The molecule has 35 heavy (non-hydrogen) atoms. The van der Waals surface area contributed by atoms with E-state index in [0.29, 0.717) is 45.7 Å². The molecule has 1 unspecified atom stereocenters. The number of halogens is 3. The maximum Gasteiger partial charge on any atom is 0.416 e. The highest BCUT2D eigenvalue weighted by Gasteiger charge is 2.32. The van der Waals surface area contributed by atoms with E-state index in [2.05, 4.69) is 10.2 Å². The highest BCUT2D eigenvalue weighted by molar-refractivity contribution is 5.94. The molecule has 4 rings (SSSR count). The van der Waals surface area contributed by atoms with Crippen LogP contribution in [0.15, 0.2) is 54.6 Å². The maximum atomic E-state index is 13.1. The van der Waals surface area contributed by atoms with Crippen molar-refractivity contribution in [3.8, 4) is 0 Å². The second-order valence-electron chi connectivity index (χ2n) is 9.03. The van der Waals surface area contributed by atoms with Gasteiger partial charge in [-0.2, -0.15) is 13.2 Å². The number of nitrogens with zero attached hydrogens (tertiary/aromatic N) is 2. The van der Waals surface area contributed by atoms with Crippen LogP contribution in [0.2, 0.25) is 0 Å². The smallest absolute Gasteiger partial charge is 0.379 e. The van der Waals surface area contributed by atoms with Gasteiger partial charge in [0.05, 0.1) is 24.8 Å². The minimum Gasteiger partial charge on any atom is -0.379 e. The summed E-state index contributed by atoms with van der Waals surface area (Å²) in [5, 5.41) is 3.22. The van der Waals surface area contributed by atoms with E-state index in [9.17, 15) is 22.8 Å². The average molecular weight is 490 g/mol. The van der Waals surface area contributed by atoms with E-state index >= 15 is 0 Å². The highest BCUT2D eigenvalue weighted by Crippen LogP contribution is 2.29. The first kappa shape index (κ1) is 25.2. The summed E-state index contributed by atoms with van der Waals surface area (Å²) in [6.45, 7) is 4.48. The van der Waals surface area contributed by atoms with Gasteiger partial charge in [0, 0.05) is 44.2 Å². The number of alkyl halides is 3. The molecule has 2 heterocycles. The Bertz CT molecular complexity index is 984. The molecule has 2 fully saturated rings. The number of likely N-dealkylation sites (tertiary alicyclic amines) is 1. The fourth-order valence-electron chi connectivity index (χ4n) is 4.58. The fraction of sp³-hybridized carbons (Fsp3) is 0.462. The lowest BCUT2D eigenvalue weighted by molar-refractivity contribution is -0.137. The van der Waals surface area contributed by atoms with Crippen LogP contribution in [0, 0.1) is 5.92 Å². The van der Waals surface area contributed by atoms with Crippen molar-refractivity contribution in [1.29, 1.82) is 0 Å². The van der Waals surface area contributed by atoms with E-state index in [-0.39, 0.29) is 29.3 Å². The van der Waals surface area contributed by atoms with E-state index in [1.807, 2.05) is 30.3 Å². The van der Waals surface area contributed by atoms with Crippen LogP contribution in [0.1, 0.15) is 40.4 Å². The number of ether oxygens (including phenoxy) is 1. The van der Waals surface area contributed by atoms with Gasteiger partial charge in [0.15, 0.2) is 0 Å². The summed E-state index contributed by atoms with van der Waals surface area (Å²) in [6, 6.07) is 14.0. The third kappa shape index (κ3) is 6.61. The van der Waals surface area contributed by atoms with E-state index < -0.39 is 11.7 Å². The highest BCUT2D eigenvalue weighted by atomic mass is 19.4. The van der Waals surface area contributed by atoms with Crippen molar-refractivity contribution in [2.24, 2.45) is 5.92 Å². The molecular weight excluding hydrogens is 459 g/mol. The maximum absolute atomic E-state index is 13.1. The predicted molar refractivity (Wildman–Crippen MR) is 125 cm³/mol. The first-order valence-electron chi connectivity index (χ1n) is 11.9. The zero-order chi connectivity index (χ0) is 24.8. The Morgan fingerprint density at radius 2 is 1.57 bits per heavy atom. The van der Waals surface area contributed by atoms with Gasteiger partial charge in [-0.15, -0.1) is 0 Å². The van der Waals surface area contributed by atoms with Crippen LogP contribution in [-0.4, -0.2) is 67.6 Å². The standard InChI is InChI=1S/C26H30F3N3O3/c27-26(28,29)22-8-6-21(7-9-22)25(34)32-12-10-20(11-13-32)24(33)30-23(19-4-2-1-3-5-19)18-31-14-16-35-17-15-31/h1-9,20,23H,10-18H2,(H,30,33). The van der Waals surface area contributed by atoms with Crippen LogP contribution in [0.5, 0.6) is 0 Å². The Balaban J connectivity index is 1.33. The van der Waals surface area contributed by atoms with Gasteiger partial charge < -0.3 is 15.0 Å². The molecule has 2 aromatic carbocycles. The molecule has 2 aliphatic rings. The monoisotopic (exact) mass is 489 g/mol. The summed E-state index contributed by atoms with van der Waals surface area (Å²) >= 11 is 0. The molecule has 2 aromatic rings. The molecule has 0 saturated carbocycles. The molecule has 9 heteroatoms. The van der Waals surface area contributed by atoms with Gasteiger partial charge in [-0.3, -0.25) is 14.5 Å². The van der Waals surface area contributed by atoms with Crippen LogP contribution in [0.4, 0.5) is 13.2 Å². The molecule has 1 atom stereocenters. The number of hydrogen-bond donors (Lipinski definition) is 1. The van der Waals surface area contributed by atoms with Crippen LogP contribution >= 0.6 is 0 Å². The normalized spacial score (nSPS) is 18.8. The quantitative estimate of drug-likeness (QED) is 0.672. The molecule has 0 radical (unpaired) electrons. The molecule has 0 spiro atoms. The number of benzene rings is 2. The topological polar surface area (TPSA) is 61.9 Å². The van der Waals surface area contributed by atoms with Gasteiger partial charge >= 0.3 is 6.18 Å². The van der Waals surface area contributed by atoms with Crippen LogP contribution in [0.25, 0.3) is 0 Å². The van der Waals surface area contributed by atoms with Gasteiger partial charge in [0.1, 0.15) is 0 Å². The molecule has 6 nitrogen and oxygen atoms in total. The van der Waals surface area contributed by atoms with Gasteiger partial charge in [-0.1, -0.05) is 30.3 Å². The summed E-state index contributed by atoms with van der Waals surface area (Å²) in [7, 11) is 0. The number of nitrogens with one attached hydrogen (secondary N) is 1. The lowest BCUT2D eigenvalue weighted by atomic mass is 9.94. The number of amides is 2. The van der Waals surface area contributed by atoms with E-state index in [0.717, 1.165) is 30.8 Å². The molecule has 188 valence electrons. The Kier molecular flexibility index (Phi) is 8.07. The lowest BCUT2D eigenvalue weighted by Crippen LogP contribution is -2.46. The van der Waals surface area contributed by atoms with Crippen molar-refractivity contribution >= 4 is 11.8 Å². The van der Waals surface area contributed by atoms with Gasteiger partial charge in [-0.05, 0) is 42.7 Å². The zero-order valence-electron chi connectivity index (χ0n) is 19.5. The molecule has 0 aromatic heterocycles. The Morgan fingerprint density at radius 1 is 0.943 bits per heavy atom. The van der Waals surface area contributed by atoms with E-state index in [4.69, 9.17) is 4.74 Å². The minimum absolute atomic E-state index is 0.0336. The number of morpholine rings is 1. The largest absolute Gasteiger partial charge is 0.416 e. The summed E-state index contributed by atoms with van der Waals surface area (Å²) < 4.78 is 43.8. The number of piperidine rings is 1. The van der Waals surface area contributed by atoms with E-state index in [1.165, 1.54) is 12.1 Å². The van der Waals surface area contributed by atoms with Crippen molar-refractivity contribution in [1.82, 2.24) is 15.1 Å². The summed E-state index contributed by atoms with van der Waals surface area (Å²) in [4.78, 5) is 29.8. The van der Waals surface area contributed by atoms with Crippen molar-refractivity contribution in [3.63, 3.8) is 0 Å². The predicted octanol–water partition coefficient (Wildman–Crippen LogP) is 3.75. The number of hydrogen-bond acceptors (Lipinski definition) is 4. The van der Waals surface area contributed by atoms with Gasteiger partial charge in [-0.25, -0.2) is 0 Å². The average Bonchev–Trinajstić information content (AvgIpc) is 2.88. The van der Waals surface area contributed by atoms with Crippen molar-refractivity contribution in [3.05, 3.63) is 71.3 Å². The van der Waals surface area contributed by atoms with Crippen molar-refractivity contribution in [2.75, 3.05) is 45.9 Å². The number of carbonyl (C=O) groups is 2. The Labute approximate surface area is 203 Å². The third-order valence-electron chi connectivity index (χ3n) is 6.68. The number of carbonyl (C=O) groups excluding carboxylic acids is 2. The lowest BCUT2D eigenvalue weighted by Gasteiger charge is -2.34. The molecule has 2 aliphatic heterocycles. The molecule has 0 aliphatic carbocycles. The molecule has 2 amide bonds. The Morgan fingerprint density at radius 3 is 2.17 bits per heavy atom. The first-order chi connectivity index (χ1) is 16.8. The van der Waals surface area contributed by atoms with Crippen molar-refractivity contribution < 1.29 is 27.5 Å². The molecule has 1 N–H and O–H groups in total. The number of rotatable bonds is 6. The van der Waals surface area contributed by atoms with Crippen molar-refractivity contribution in [2.45, 2.75) is 25.1 Å². The molecule has 0 bridgehead atoms. The minimum atomic E-state index is -4.44. The zero-order valence-corrected chi connectivity index (χ0v) is 19.5. The van der Waals surface area contributed by atoms with Crippen LogP contribution in [0.3, 0.4) is 0 Å². The molecule has 2 saturated heterocycles. The van der Waals surface area contributed by atoms with Crippen LogP contribution < -0.4 is 5.32 Å². The Hall–Kier alpha value is -2.91. The van der Waals surface area contributed by atoms with Gasteiger partial charge in [0.25, 0.3) is 5.91 Å². The van der Waals surface area contributed by atoms with Crippen LogP contribution in [-0.2, 0) is 15.7 Å². The summed E-state index contributed by atoms with van der Waals surface area (Å²) in [5.41, 5.74) is 0.479. The second-order valence-corrected chi connectivity index (χ2v) is 9.03. The summed E-state index contributed by atoms with van der Waals surface area (Å²) in [5.74, 6) is -0.566. The van der Waals surface area contributed by atoms with Gasteiger partial charge in [0.2, 0.25) is 5.91 Å². The fourth-order valence-corrected chi connectivity index (χ4v) is 4.58. The van der Waals surface area contributed by atoms with E-state index in [1.54, 1.807) is 4.90 Å². The second kappa shape index (κ2) is 11.2. The first-order valence-corrected chi connectivity index (χ1v) is 11.9. The third-order valence-corrected chi connectivity index (χ3v) is 6.68.